The molecule has 0 amide bonds. The van der Waals surface area contributed by atoms with Gasteiger partial charge in [0.2, 0.25) is 5.78 Å². The molecule has 158 valence electrons. The number of nitrogens with one attached hydrogen (secondary N) is 1. The molecule has 1 fully saturated rings. The first-order chi connectivity index (χ1) is 13.9. The third-order valence-electron chi connectivity index (χ3n) is 5.52. The van der Waals surface area contributed by atoms with Gasteiger partial charge in [-0.1, -0.05) is 11.6 Å². The van der Waals surface area contributed by atoms with Crippen LogP contribution in [0.15, 0.2) is 24.4 Å². The molecule has 3 heterocycles. The molecule has 1 aliphatic heterocycles. The molecule has 1 aliphatic rings. The maximum Gasteiger partial charge on any atom is 0.213 e. The predicted octanol–water partition coefficient (Wildman–Crippen LogP) is 2.23. The Hall–Kier alpha value is -1.93. The van der Waals surface area contributed by atoms with E-state index in [4.69, 9.17) is 16.7 Å². The van der Waals surface area contributed by atoms with E-state index >= 15 is 0 Å². The van der Waals surface area contributed by atoms with Crippen molar-refractivity contribution in [3.63, 3.8) is 0 Å². The van der Waals surface area contributed by atoms with Gasteiger partial charge >= 0.3 is 0 Å². The summed E-state index contributed by atoms with van der Waals surface area (Å²) in [4.78, 5) is 22.1. The van der Waals surface area contributed by atoms with Crippen LogP contribution in [0, 0.1) is 0 Å². The van der Waals surface area contributed by atoms with Gasteiger partial charge < -0.3 is 19.9 Å². The van der Waals surface area contributed by atoms with E-state index in [-0.39, 0.29) is 18.4 Å². The average Bonchev–Trinajstić information content (AvgIpc) is 3.04. The van der Waals surface area contributed by atoms with E-state index in [9.17, 15) is 4.79 Å². The molecule has 0 aromatic carbocycles. The van der Waals surface area contributed by atoms with E-state index in [1.165, 1.54) is 6.20 Å². The third kappa shape index (κ3) is 5.36. The van der Waals surface area contributed by atoms with Crippen molar-refractivity contribution in [3.8, 4) is 0 Å². The van der Waals surface area contributed by atoms with Gasteiger partial charge in [0.25, 0.3) is 0 Å². The molecule has 2 aromatic heterocycles. The highest BCUT2D eigenvalue weighted by Gasteiger charge is 2.21. The Morgan fingerprint density at radius 1 is 1.28 bits per heavy atom. The van der Waals surface area contributed by atoms with Crippen LogP contribution < -0.4 is 5.32 Å². The molecule has 1 atom stereocenters. The zero-order valence-electron chi connectivity index (χ0n) is 17.4. The maximum atomic E-state index is 13.3. The molecule has 0 radical (unpaired) electrons. The Morgan fingerprint density at radius 2 is 2.00 bits per heavy atom. The topological polar surface area (TPSA) is 73.6 Å². The van der Waals surface area contributed by atoms with Crippen LogP contribution >= 0.6 is 11.6 Å². The minimum atomic E-state index is -0.0972. The van der Waals surface area contributed by atoms with Gasteiger partial charge in [-0.15, -0.1) is 0 Å². The van der Waals surface area contributed by atoms with Gasteiger partial charge in [-0.25, -0.2) is 4.98 Å². The number of anilines is 1. The summed E-state index contributed by atoms with van der Waals surface area (Å²) in [6, 6.07) is 5.57. The molecule has 3 rings (SSSR count). The number of ketones is 1. The average molecular weight is 420 g/mol. The second-order valence-electron chi connectivity index (χ2n) is 7.79. The molecule has 0 unspecified atom stereocenters. The Kier molecular flexibility index (Phi) is 7.29. The number of aromatic nitrogens is 2. The van der Waals surface area contributed by atoms with Crippen molar-refractivity contribution in [2.75, 3.05) is 45.2 Å². The predicted molar refractivity (Wildman–Crippen MR) is 116 cm³/mol. The number of hydrogen-bond donors (Lipinski definition) is 2. The van der Waals surface area contributed by atoms with Crippen LogP contribution in [0.25, 0.3) is 0 Å². The zero-order chi connectivity index (χ0) is 21.0. The molecule has 29 heavy (non-hydrogen) atoms. The summed E-state index contributed by atoms with van der Waals surface area (Å²) in [5, 5.41) is 12.8. The maximum absolute atomic E-state index is 13.3. The van der Waals surface area contributed by atoms with Crippen molar-refractivity contribution in [2.24, 2.45) is 7.05 Å². The van der Waals surface area contributed by atoms with Crippen LogP contribution in [-0.4, -0.2) is 76.1 Å². The van der Waals surface area contributed by atoms with Gasteiger partial charge in [0.1, 0.15) is 5.15 Å². The van der Waals surface area contributed by atoms with E-state index in [2.05, 4.69) is 27.1 Å². The molecule has 1 saturated heterocycles. The van der Waals surface area contributed by atoms with Gasteiger partial charge in [0.05, 0.1) is 16.9 Å². The second kappa shape index (κ2) is 9.71. The van der Waals surface area contributed by atoms with Gasteiger partial charge in [-0.3, -0.25) is 9.69 Å². The highest BCUT2D eigenvalue weighted by molar-refractivity contribution is 6.30. The van der Waals surface area contributed by atoms with Crippen LogP contribution in [0.4, 0.5) is 5.69 Å². The zero-order valence-corrected chi connectivity index (χ0v) is 18.1. The summed E-state index contributed by atoms with van der Waals surface area (Å²) >= 11 is 6.06. The fourth-order valence-corrected chi connectivity index (χ4v) is 3.73. The molecule has 0 saturated carbocycles. The number of carbonyl (C=O) groups excluding carboxylic acids is 1. The summed E-state index contributed by atoms with van der Waals surface area (Å²) in [5.74, 6) is -0.0972. The molecule has 0 bridgehead atoms. The van der Waals surface area contributed by atoms with Crippen LogP contribution in [0.2, 0.25) is 5.15 Å². The number of piperazine rings is 1. The number of pyridine rings is 1. The molecule has 8 heteroatoms. The molecule has 0 aliphatic carbocycles. The number of aliphatic hydroxyl groups is 1. The Bertz CT molecular complexity index is 846. The fourth-order valence-electron chi connectivity index (χ4n) is 3.57. The van der Waals surface area contributed by atoms with Crippen molar-refractivity contribution in [1.29, 1.82) is 0 Å². The van der Waals surface area contributed by atoms with E-state index in [0.29, 0.717) is 28.5 Å². The minimum absolute atomic E-state index is 0.00576. The lowest BCUT2D eigenvalue weighted by atomic mass is 10.1. The summed E-state index contributed by atoms with van der Waals surface area (Å²) < 4.78 is 1.97. The Labute approximate surface area is 177 Å². The minimum Gasteiger partial charge on any atom is -0.396 e. The first-order valence-electron chi connectivity index (χ1n) is 10.0. The summed E-state index contributed by atoms with van der Waals surface area (Å²) in [5.41, 5.74) is 2.85. The molecular formula is C21H30ClN5O2. The van der Waals surface area contributed by atoms with Crippen molar-refractivity contribution >= 4 is 23.1 Å². The normalized spacial score (nSPS) is 16.7. The van der Waals surface area contributed by atoms with Gasteiger partial charge in [-0.05, 0) is 38.6 Å². The molecular weight excluding hydrogens is 390 g/mol. The lowest BCUT2D eigenvalue weighted by molar-refractivity contribution is 0.103. The number of likely N-dealkylation sites (N-methyl/N-ethyl adjacent to an activating group) is 1. The van der Waals surface area contributed by atoms with Crippen LogP contribution in [0.1, 0.15) is 35.1 Å². The largest absolute Gasteiger partial charge is 0.396 e. The lowest BCUT2D eigenvalue weighted by Gasteiger charge is -2.32. The summed E-state index contributed by atoms with van der Waals surface area (Å²) in [6.07, 6.45) is 2.10. The van der Waals surface area contributed by atoms with Crippen LogP contribution in [0.3, 0.4) is 0 Å². The molecule has 0 spiro atoms. The van der Waals surface area contributed by atoms with Gasteiger partial charge in [0.15, 0.2) is 0 Å². The standard InChI is InChI=1S/C21H30ClN5O2/c1-15(6-11-28)24-18-12-20(22)23-13-17(18)21(29)19-5-4-16(26(19)3)14-27-9-7-25(2)8-10-27/h4-5,12-13,15,28H,6-11,14H2,1-3H3,(H,23,24)/t15-/m0/s1. The molecule has 2 N–H and O–H groups in total. The van der Waals surface area contributed by atoms with Gasteiger partial charge in [-0.2, -0.15) is 0 Å². The number of hydrogen-bond acceptors (Lipinski definition) is 6. The van der Waals surface area contributed by atoms with Crippen LogP contribution in [0.5, 0.6) is 0 Å². The van der Waals surface area contributed by atoms with Crippen molar-refractivity contribution in [1.82, 2.24) is 19.4 Å². The second-order valence-corrected chi connectivity index (χ2v) is 8.18. The summed E-state index contributed by atoms with van der Waals surface area (Å²) in [6.45, 7) is 7.04. The quantitative estimate of drug-likeness (QED) is 0.505. The van der Waals surface area contributed by atoms with Crippen molar-refractivity contribution in [2.45, 2.75) is 25.9 Å². The number of carbonyl (C=O) groups is 1. The number of nitrogens with zero attached hydrogens (tertiary/aromatic N) is 4. The number of rotatable bonds is 8. The lowest BCUT2D eigenvalue weighted by Crippen LogP contribution is -2.44. The molecule has 2 aromatic rings. The highest BCUT2D eigenvalue weighted by Crippen LogP contribution is 2.24. The number of aliphatic hydroxyl groups excluding tert-OH is 1. The van der Waals surface area contributed by atoms with E-state index in [1.807, 2.05) is 30.7 Å². The molecule has 7 nitrogen and oxygen atoms in total. The smallest absolute Gasteiger partial charge is 0.213 e. The first kappa shape index (κ1) is 21.8. The third-order valence-corrected chi connectivity index (χ3v) is 5.73. The first-order valence-corrected chi connectivity index (χ1v) is 10.4. The van der Waals surface area contributed by atoms with E-state index in [1.54, 1.807) is 6.07 Å². The van der Waals surface area contributed by atoms with Gasteiger partial charge in [0, 0.05) is 64.3 Å². The highest BCUT2D eigenvalue weighted by atomic mass is 35.5. The van der Waals surface area contributed by atoms with Crippen LogP contribution in [-0.2, 0) is 13.6 Å². The SMILES string of the molecule is C[C@@H](CCO)Nc1cc(Cl)ncc1C(=O)c1ccc(CN2CCN(C)CC2)n1C. The van der Waals surface area contributed by atoms with Crippen molar-refractivity contribution in [3.05, 3.63) is 46.5 Å². The van der Waals surface area contributed by atoms with E-state index in [0.717, 1.165) is 38.4 Å². The monoisotopic (exact) mass is 419 g/mol. The summed E-state index contributed by atoms with van der Waals surface area (Å²) in [7, 11) is 4.08. The van der Waals surface area contributed by atoms with Crippen molar-refractivity contribution < 1.29 is 9.90 Å². The Balaban J connectivity index is 1.79. The number of halogens is 1. The van der Waals surface area contributed by atoms with E-state index < -0.39 is 0 Å². The Morgan fingerprint density at radius 3 is 2.69 bits per heavy atom. The fraction of sp³-hybridized carbons (Fsp3) is 0.524.